The number of aryl methyl sites for hydroxylation is 1. The molecule has 87 heavy (non-hydrogen) atoms. The Hall–Kier alpha value is -8.65. The van der Waals surface area contributed by atoms with Crippen molar-refractivity contribution in [2.75, 3.05) is 49.5 Å². The number of nitrogens with zero attached hydrogens (tertiary/aromatic N) is 8. The van der Waals surface area contributed by atoms with Crippen molar-refractivity contribution in [2.24, 2.45) is 0 Å². The lowest BCUT2D eigenvalue weighted by molar-refractivity contribution is -0.136. The summed E-state index contributed by atoms with van der Waals surface area (Å²) in [7, 11) is 0. The molecule has 13 rings (SSSR count). The number of likely N-dealkylation sites (tertiary alicyclic amines) is 3. The van der Waals surface area contributed by atoms with Gasteiger partial charge in [0.1, 0.15) is 17.4 Å². The molecule has 20 heteroatoms. The summed E-state index contributed by atoms with van der Waals surface area (Å²) in [6.45, 7) is 13.2. The van der Waals surface area contributed by atoms with Gasteiger partial charge in [-0.05, 0) is 183 Å². The van der Waals surface area contributed by atoms with Crippen LogP contribution in [0.15, 0.2) is 85.2 Å². The summed E-state index contributed by atoms with van der Waals surface area (Å²) >= 11 is 0. The summed E-state index contributed by atoms with van der Waals surface area (Å²) in [5.74, 6) is -3.10. The van der Waals surface area contributed by atoms with E-state index >= 15 is 9.18 Å². The maximum atomic E-state index is 16.0. The Kier molecular flexibility index (Phi) is 14.9. The predicted molar refractivity (Wildman–Crippen MR) is 324 cm³/mol. The molecule has 5 fully saturated rings. The van der Waals surface area contributed by atoms with Crippen LogP contribution in [0.25, 0.3) is 22.3 Å². The first kappa shape index (κ1) is 57.4. The number of rotatable bonds is 12. The zero-order valence-electron chi connectivity index (χ0n) is 49.8. The van der Waals surface area contributed by atoms with Crippen LogP contribution < -0.4 is 20.9 Å². The Morgan fingerprint density at radius 1 is 0.747 bits per heavy atom. The molecule has 8 amide bonds. The van der Waals surface area contributed by atoms with Gasteiger partial charge in [0.2, 0.25) is 17.7 Å². The first-order valence-corrected chi connectivity index (χ1v) is 30.9. The number of hydrogen-bond donors (Lipinski definition) is 3. The van der Waals surface area contributed by atoms with Crippen molar-refractivity contribution in [3.8, 4) is 11.3 Å². The molecular formula is C67H72FN11O8. The van der Waals surface area contributed by atoms with Crippen LogP contribution in [-0.4, -0.2) is 145 Å². The molecular weight excluding hydrogens is 1110 g/mol. The third kappa shape index (κ3) is 10.1. The van der Waals surface area contributed by atoms with Gasteiger partial charge in [0.25, 0.3) is 29.5 Å². The van der Waals surface area contributed by atoms with Crippen molar-refractivity contribution in [1.82, 2.24) is 44.8 Å². The monoisotopic (exact) mass is 1180 g/mol. The number of anilines is 3. The lowest BCUT2D eigenvalue weighted by Crippen LogP contribution is -2.58. The van der Waals surface area contributed by atoms with Crippen LogP contribution in [0.3, 0.4) is 0 Å². The van der Waals surface area contributed by atoms with Crippen molar-refractivity contribution >= 4 is 75.5 Å². The second-order valence-corrected chi connectivity index (χ2v) is 25.4. The Bertz CT molecular complexity index is 3850. The van der Waals surface area contributed by atoms with Crippen LogP contribution in [0.4, 0.5) is 21.6 Å². The number of benzene rings is 4. The van der Waals surface area contributed by atoms with Crippen molar-refractivity contribution in [2.45, 2.75) is 147 Å². The molecule has 1 saturated carbocycles. The van der Waals surface area contributed by atoms with E-state index in [2.05, 4.69) is 33.0 Å². The van der Waals surface area contributed by atoms with Gasteiger partial charge in [-0.15, -0.1) is 0 Å². The van der Waals surface area contributed by atoms with Crippen LogP contribution in [0.2, 0.25) is 0 Å². The standard InChI is InChI=1S/C67H72FN11O8/c1-37(2)70-60(81)48-34-52(50(68)30-39(48)5)72-59-58-53(69-36-77(58)38(3)4)35-51(71-59)43-16-17-49-55(31-43)78(45-32-44(33-45)74-24-7-6-8-25-74)66(87)67(49)22-28-76(29-23-67)63(84)42-14-12-41(13-15-42)62(83)75-26-20-40(21-27-75)46-10-9-11-47-57(46)65(86)79(64(47)85)54-18-19-56(80)73-61(54)82/h9-17,30-31,34-38,40,44-45,54H,6-8,18-29,32-33H2,1-5H3,(H,70,81)(H,71,72)(H,73,80,82)/t44-,45+,54-/m0/s1. The molecule has 7 aliphatic rings. The molecule has 8 heterocycles. The molecule has 1 aliphatic carbocycles. The fourth-order valence-electron chi connectivity index (χ4n) is 14.6. The van der Waals surface area contributed by atoms with Crippen LogP contribution in [0, 0.1) is 12.7 Å². The van der Waals surface area contributed by atoms with Crippen molar-refractivity contribution in [1.29, 1.82) is 0 Å². The molecule has 3 N–H and O–H groups in total. The molecule has 0 radical (unpaired) electrons. The smallest absolute Gasteiger partial charge is 0.262 e. The zero-order chi connectivity index (χ0) is 60.7. The van der Waals surface area contributed by atoms with Gasteiger partial charge < -0.3 is 34.8 Å². The third-order valence-corrected chi connectivity index (χ3v) is 19.4. The molecule has 6 aromatic rings. The highest BCUT2D eigenvalue weighted by atomic mass is 19.1. The number of hydrogen-bond acceptors (Lipinski definition) is 12. The van der Waals surface area contributed by atoms with Crippen molar-refractivity contribution < 1.29 is 42.7 Å². The molecule has 1 atom stereocenters. The summed E-state index contributed by atoms with van der Waals surface area (Å²) in [5.41, 5.74) is 6.59. The summed E-state index contributed by atoms with van der Waals surface area (Å²) in [6.07, 6.45) is 9.11. The average molecular weight is 1180 g/mol. The summed E-state index contributed by atoms with van der Waals surface area (Å²) < 4.78 is 17.9. The average Bonchev–Trinajstić information content (AvgIpc) is 1.58. The Morgan fingerprint density at radius 2 is 1.44 bits per heavy atom. The molecule has 19 nitrogen and oxygen atoms in total. The topological polar surface area (TPSA) is 220 Å². The highest BCUT2D eigenvalue weighted by Crippen LogP contribution is 2.52. The predicted octanol–water partition coefficient (Wildman–Crippen LogP) is 8.97. The number of halogens is 1. The van der Waals surface area contributed by atoms with Gasteiger partial charge in [-0.1, -0.05) is 30.7 Å². The number of pyridine rings is 1. The van der Waals surface area contributed by atoms with E-state index < -0.39 is 40.9 Å². The Labute approximate surface area is 504 Å². The van der Waals surface area contributed by atoms with Crippen LogP contribution in [0.5, 0.6) is 0 Å². The van der Waals surface area contributed by atoms with E-state index in [9.17, 15) is 33.6 Å². The number of imide groups is 2. The van der Waals surface area contributed by atoms with Gasteiger partial charge >= 0.3 is 0 Å². The minimum Gasteiger partial charge on any atom is -0.350 e. The largest absolute Gasteiger partial charge is 0.350 e. The van der Waals surface area contributed by atoms with Crippen LogP contribution in [0.1, 0.15) is 179 Å². The van der Waals surface area contributed by atoms with Gasteiger partial charge in [0.15, 0.2) is 5.82 Å². The zero-order valence-corrected chi connectivity index (χ0v) is 49.8. The fourth-order valence-corrected chi connectivity index (χ4v) is 14.6. The van der Waals surface area contributed by atoms with E-state index in [0.29, 0.717) is 108 Å². The number of fused-ring (bicyclic) bond motifs is 4. The first-order valence-electron chi connectivity index (χ1n) is 30.9. The summed E-state index contributed by atoms with van der Waals surface area (Å²) in [6, 6.07) is 22.0. The number of aromatic nitrogens is 3. The maximum absolute atomic E-state index is 16.0. The van der Waals surface area contributed by atoms with E-state index in [1.165, 1.54) is 31.4 Å². The van der Waals surface area contributed by atoms with E-state index in [4.69, 9.17) is 9.97 Å². The second-order valence-electron chi connectivity index (χ2n) is 25.4. The van der Waals surface area contributed by atoms with Crippen LogP contribution >= 0.6 is 0 Å². The van der Waals surface area contributed by atoms with Crippen molar-refractivity contribution in [3.05, 3.63) is 136 Å². The van der Waals surface area contributed by atoms with Crippen LogP contribution in [-0.2, 0) is 19.8 Å². The van der Waals surface area contributed by atoms with Gasteiger partial charge in [0, 0.05) is 84.7 Å². The maximum Gasteiger partial charge on any atom is 0.262 e. The van der Waals surface area contributed by atoms with Gasteiger partial charge in [0.05, 0.1) is 39.8 Å². The molecule has 450 valence electrons. The number of carbonyl (C=O) groups excluding carboxylic acids is 8. The second kappa shape index (κ2) is 22.6. The third-order valence-electron chi connectivity index (χ3n) is 19.4. The highest BCUT2D eigenvalue weighted by Gasteiger charge is 2.56. The van der Waals surface area contributed by atoms with Gasteiger partial charge in [-0.25, -0.2) is 14.4 Å². The minimum atomic E-state index is -1.06. The minimum absolute atomic E-state index is 0.00632. The molecule has 2 aromatic heterocycles. The fraction of sp³-hybridized carbons (Fsp3) is 0.433. The van der Waals surface area contributed by atoms with Gasteiger partial charge in [-0.2, -0.15) is 0 Å². The molecule has 0 unspecified atom stereocenters. The van der Waals surface area contributed by atoms with E-state index in [-0.39, 0.29) is 77.3 Å². The normalized spacial score (nSPS) is 21.5. The number of nitrogens with one attached hydrogen (secondary N) is 3. The van der Waals surface area contributed by atoms with Crippen molar-refractivity contribution in [3.63, 3.8) is 0 Å². The number of imidazole rings is 1. The van der Waals surface area contributed by atoms with Gasteiger partial charge in [-0.3, -0.25) is 48.6 Å². The Balaban J connectivity index is 0.716. The number of carbonyl (C=O) groups is 8. The number of amides is 8. The Morgan fingerprint density at radius 3 is 2.10 bits per heavy atom. The highest BCUT2D eigenvalue weighted by molar-refractivity contribution is 6.24. The van der Waals surface area contributed by atoms with E-state index in [1.807, 2.05) is 55.4 Å². The van der Waals surface area contributed by atoms with E-state index in [0.717, 1.165) is 47.6 Å². The molecule has 1 spiro atoms. The molecule has 6 aliphatic heterocycles. The number of piperidine rings is 4. The van der Waals surface area contributed by atoms with E-state index in [1.54, 1.807) is 59.4 Å². The molecule has 4 aromatic carbocycles. The first-order chi connectivity index (χ1) is 41.9. The lowest BCUT2D eigenvalue weighted by Gasteiger charge is -2.48. The summed E-state index contributed by atoms with van der Waals surface area (Å²) in [5, 5.41) is 8.43. The SMILES string of the molecule is Cc1cc(F)c(Nc2nc(-c3ccc4c(c3)N([C@H]3C[C@@H](N5CCCCC5)C3)C(=O)C43CCN(C(=O)c4ccc(C(=O)N5CCC(c6cccc7c6C(=O)N([C@H]6CCC(=O)NC6=O)C7=O)CC5)cc4)CC3)cc3ncn(C(C)C)c23)cc1C(=O)NC(C)C. The summed E-state index contributed by atoms with van der Waals surface area (Å²) in [4.78, 5) is 128. The lowest BCUT2D eigenvalue weighted by atomic mass is 9.73. The molecule has 0 bridgehead atoms. The quantitative estimate of drug-likeness (QED) is 0.0978. The molecule has 4 saturated heterocycles.